The molecule has 0 amide bonds. The number of hydrogen-bond acceptors (Lipinski definition) is 2. The zero-order valence-electron chi connectivity index (χ0n) is 15.5. The average Bonchev–Trinajstić information content (AvgIpc) is 2.72. The van der Waals surface area contributed by atoms with Crippen LogP contribution in [-0.2, 0) is 12.8 Å². The molecule has 0 atom stereocenters. The van der Waals surface area contributed by atoms with Gasteiger partial charge in [-0.05, 0) is 63.1 Å². The molecular formula is C19H24N2. The van der Waals surface area contributed by atoms with E-state index in [0.717, 1.165) is 25.8 Å². The predicted molar refractivity (Wildman–Crippen MR) is 90.5 cm³/mol. The molecule has 0 unspecified atom stereocenters. The van der Waals surface area contributed by atoms with Crippen LogP contribution in [0.2, 0.25) is 0 Å². The lowest BCUT2D eigenvalue weighted by Crippen LogP contribution is -2.23. The van der Waals surface area contributed by atoms with Gasteiger partial charge in [-0.1, -0.05) is 36.4 Å². The van der Waals surface area contributed by atoms with Crippen molar-refractivity contribution < 1.29 is 4.11 Å². The standard InChI is InChI=1S/C19H24N2/c1-20(2)14-7-15-21-18-10-5-3-8-16(18)12-13-17-9-4-6-11-19(17)21/h3-6,8-11H,7,12-15H2,1-2H3/i1T3. The number of nitrogens with zero attached hydrogens (tertiary/aromatic N) is 2. The van der Waals surface area contributed by atoms with Gasteiger partial charge in [0.2, 0.25) is 0 Å². The average molecular weight is 286 g/mol. The molecule has 2 aromatic rings. The van der Waals surface area contributed by atoms with E-state index in [1.807, 2.05) is 0 Å². The van der Waals surface area contributed by atoms with Crippen LogP contribution < -0.4 is 4.90 Å². The van der Waals surface area contributed by atoms with Gasteiger partial charge in [0.15, 0.2) is 0 Å². The minimum absolute atomic E-state index is 0.553. The minimum atomic E-state index is -2.02. The van der Waals surface area contributed by atoms with Gasteiger partial charge in [-0.25, -0.2) is 0 Å². The highest BCUT2D eigenvalue weighted by molar-refractivity contribution is 5.71. The Morgan fingerprint density at radius 2 is 1.57 bits per heavy atom. The predicted octanol–water partition coefficient (Wildman–Crippen LogP) is 3.88. The summed E-state index contributed by atoms with van der Waals surface area (Å²) in [6.45, 7) is -0.652. The Morgan fingerprint density at radius 3 is 2.14 bits per heavy atom. The van der Waals surface area contributed by atoms with Crippen LogP contribution in [0.15, 0.2) is 48.5 Å². The topological polar surface area (TPSA) is 6.48 Å². The Hall–Kier alpha value is -1.80. The van der Waals surface area contributed by atoms with Crippen molar-refractivity contribution in [3.63, 3.8) is 0 Å². The van der Waals surface area contributed by atoms with Gasteiger partial charge in [-0.3, -0.25) is 0 Å². The third-order valence-electron chi connectivity index (χ3n) is 4.10. The second-order valence-electron chi connectivity index (χ2n) is 5.68. The Morgan fingerprint density at radius 1 is 1.00 bits per heavy atom. The van der Waals surface area contributed by atoms with E-state index >= 15 is 0 Å². The lowest BCUT2D eigenvalue weighted by Gasteiger charge is -2.27. The summed E-state index contributed by atoms with van der Waals surface area (Å²) < 4.78 is 22.4. The van der Waals surface area contributed by atoms with Crippen molar-refractivity contribution in [2.24, 2.45) is 0 Å². The second-order valence-corrected chi connectivity index (χ2v) is 5.68. The molecule has 2 aromatic carbocycles. The largest absolute Gasteiger partial charge is 0.341 e. The molecule has 21 heavy (non-hydrogen) atoms. The maximum atomic E-state index is 7.48. The molecule has 0 aromatic heterocycles. The molecule has 0 radical (unpaired) electrons. The SMILES string of the molecule is [3H]C([3H])([3H])N(C)CCCN1c2ccccc2CCc2ccccc21. The fraction of sp³-hybridized carbons (Fsp3) is 0.368. The van der Waals surface area contributed by atoms with Crippen LogP contribution in [0.4, 0.5) is 11.4 Å². The molecular weight excluding hydrogens is 256 g/mol. The van der Waals surface area contributed by atoms with Crippen LogP contribution in [0.25, 0.3) is 0 Å². The first kappa shape index (κ1) is 10.9. The molecule has 3 rings (SSSR count). The van der Waals surface area contributed by atoms with E-state index in [1.54, 1.807) is 7.05 Å². The van der Waals surface area contributed by atoms with Gasteiger partial charge in [0.1, 0.15) is 0 Å². The minimum Gasteiger partial charge on any atom is -0.341 e. The number of anilines is 2. The summed E-state index contributed by atoms with van der Waals surface area (Å²) in [6.07, 6.45) is 2.88. The molecule has 110 valence electrons. The first-order chi connectivity index (χ1) is 11.5. The summed E-state index contributed by atoms with van der Waals surface area (Å²) in [7, 11) is 1.66. The molecule has 0 saturated carbocycles. The molecule has 0 spiro atoms. The monoisotopic (exact) mass is 286 g/mol. The van der Waals surface area contributed by atoms with Crippen molar-refractivity contribution in [3.8, 4) is 0 Å². The van der Waals surface area contributed by atoms with E-state index in [4.69, 9.17) is 4.11 Å². The van der Waals surface area contributed by atoms with Gasteiger partial charge in [0.05, 0.1) is 0 Å². The van der Waals surface area contributed by atoms with Crippen LogP contribution in [0, 0.1) is 0 Å². The molecule has 1 heterocycles. The fourth-order valence-electron chi connectivity index (χ4n) is 3.08. The van der Waals surface area contributed by atoms with Crippen LogP contribution in [-0.4, -0.2) is 32.0 Å². The van der Waals surface area contributed by atoms with Gasteiger partial charge in [-0.15, -0.1) is 0 Å². The van der Waals surface area contributed by atoms with Crippen molar-refractivity contribution in [2.45, 2.75) is 19.3 Å². The smallest absolute Gasteiger partial charge is 0.0443 e. The maximum Gasteiger partial charge on any atom is 0.0443 e. The van der Waals surface area contributed by atoms with Gasteiger partial charge >= 0.3 is 0 Å². The lowest BCUT2D eigenvalue weighted by molar-refractivity contribution is 0.402. The van der Waals surface area contributed by atoms with Crippen LogP contribution in [0.1, 0.15) is 21.7 Å². The molecule has 1 aliphatic rings. The van der Waals surface area contributed by atoms with Gasteiger partial charge in [0.25, 0.3) is 0 Å². The third-order valence-corrected chi connectivity index (χ3v) is 4.10. The Bertz CT molecular complexity index is 650. The molecule has 0 aliphatic carbocycles. The van der Waals surface area contributed by atoms with Gasteiger partial charge in [0, 0.05) is 22.0 Å². The van der Waals surface area contributed by atoms with E-state index in [-0.39, 0.29) is 0 Å². The van der Waals surface area contributed by atoms with Crippen molar-refractivity contribution in [1.82, 2.24) is 4.90 Å². The first-order valence-corrected chi connectivity index (χ1v) is 7.61. The number of fused-ring (bicyclic) bond motifs is 2. The third kappa shape index (κ3) is 3.11. The Balaban J connectivity index is 1.83. The Kier molecular flexibility index (Phi) is 3.27. The van der Waals surface area contributed by atoms with Crippen LogP contribution in [0.5, 0.6) is 0 Å². The molecule has 0 N–H and O–H groups in total. The van der Waals surface area contributed by atoms with Crippen LogP contribution >= 0.6 is 0 Å². The molecule has 1 aliphatic heterocycles. The number of benzene rings is 2. The molecule has 2 nitrogen and oxygen atoms in total. The fourth-order valence-corrected chi connectivity index (χ4v) is 3.08. The highest BCUT2D eigenvalue weighted by Gasteiger charge is 2.19. The second kappa shape index (κ2) is 6.31. The first-order valence-electron chi connectivity index (χ1n) is 9.11. The molecule has 0 bridgehead atoms. The molecule has 0 fully saturated rings. The summed E-state index contributed by atoms with van der Waals surface area (Å²) >= 11 is 0. The number of hydrogen-bond donors (Lipinski definition) is 0. The summed E-state index contributed by atoms with van der Waals surface area (Å²) in [5.41, 5.74) is 5.22. The number of rotatable bonds is 4. The van der Waals surface area contributed by atoms with E-state index in [0.29, 0.717) is 6.54 Å². The lowest BCUT2D eigenvalue weighted by atomic mass is 10.0. The normalized spacial score (nSPS) is 16.5. The quantitative estimate of drug-likeness (QED) is 0.841. The van der Waals surface area contributed by atoms with E-state index < -0.39 is 6.98 Å². The number of para-hydroxylation sites is 2. The van der Waals surface area contributed by atoms with Crippen molar-refractivity contribution in [1.29, 1.82) is 0 Å². The molecule has 0 saturated heterocycles. The maximum absolute atomic E-state index is 7.48. The summed E-state index contributed by atoms with van der Waals surface area (Å²) in [6, 6.07) is 17.1. The number of aryl methyl sites for hydroxylation is 2. The van der Waals surface area contributed by atoms with E-state index in [1.165, 1.54) is 27.4 Å². The van der Waals surface area contributed by atoms with Gasteiger partial charge in [-0.2, -0.15) is 0 Å². The summed E-state index contributed by atoms with van der Waals surface area (Å²) in [4.78, 5) is 3.80. The van der Waals surface area contributed by atoms with E-state index in [2.05, 4.69) is 53.4 Å². The highest BCUT2D eigenvalue weighted by atomic mass is 15.1. The Labute approximate surface area is 132 Å². The zero-order valence-corrected chi connectivity index (χ0v) is 12.5. The van der Waals surface area contributed by atoms with Crippen molar-refractivity contribution in [3.05, 3.63) is 59.7 Å². The van der Waals surface area contributed by atoms with E-state index in [9.17, 15) is 0 Å². The summed E-state index contributed by atoms with van der Waals surface area (Å²) in [5, 5.41) is 0. The van der Waals surface area contributed by atoms with Gasteiger partial charge < -0.3 is 9.80 Å². The molecule has 2 heteroatoms. The van der Waals surface area contributed by atoms with Crippen LogP contribution in [0.3, 0.4) is 0 Å². The summed E-state index contributed by atoms with van der Waals surface area (Å²) in [5.74, 6) is 0. The van der Waals surface area contributed by atoms with Crippen molar-refractivity contribution >= 4 is 11.4 Å². The zero-order chi connectivity index (χ0) is 17.2. The van der Waals surface area contributed by atoms with Crippen molar-refractivity contribution in [2.75, 3.05) is 32.0 Å². The highest BCUT2D eigenvalue weighted by Crippen LogP contribution is 2.35.